The van der Waals surface area contributed by atoms with Crippen LogP contribution >= 0.6 is 0 Å². The van der Waals surface area contributed by atoms with Gasteiger partial charge in [0.2, 0.25) is 0 Å². The molecule has 1 N–H and O–H groups in total. The second-order valence-corrected chi connectivity index (χ2v) is 6.81. The number of carbonyl (C=O) groups is 2. The van der Waals surface area contributed by atoms with Crippen molar-refractivity contribution < 1.29 is 9.59 Å². The fraction of sp³-hybridized carbons (Fsp3) is 0.625. The zero-order valence-electron chi connectivity index (χ0n) is 14.2. The van der Waals surface area contributed by atoms with Crippen LogP contribution in [-0.4, -0.2) is 31.5 Å². The topological polar surface area (TPSA) is 93.4 Å². The number of amides is 3. The molecule has 24 heavy (non-hydrogen) atoms. The summed E-state index contributed by atoms with van der Waals surface area (Å²) in [5.41, 5.74) is -1.44. The first-order valence-corrected chi connectivity index (χ1v) is 8.18. The molecule has 0 unspecified atom stereocenters. The van der Waals surface area contributed by atoms with Gasteiger partial charge < -0.3 is 5.32 Å². The summed E-state index contributed by atoms with van der Waals surface area (Å²) in [6.45, 7) is 1.90. The van der Waals surface area contributed by atoms with Crippen molar-refractivity contribution in [1.29, 1.82) is 0 Å². The van der Waals surface area contributed by atoms with Gasteiger partial charge in [0.15, 0.2) is 0 Å². The van der Waals surface area contributed by atoms with Crippen molar-refractivity contribution in [2.24, 2.45) is 20.0 Å². The van der Waals surface area contributed by atoms with Crippen LogP contribution in [0.25, 0.3) is 0 Å². The largest absolute Gasteiger partial charge is 0.330 e. The van der Waals surface area contributed by atoms with Crippen molar-refractivity contribution in [2.45, 2.75) is 44.7 Å². The highest BCUT2D eigenvalue weighted by molar-refractivity contribution is 6.07. The van der Waals surface area contributed by atoms with E-state index in [2.05, 4.69) is 5.32 Å². The lowest BCUT2D eigenvalue weighted by Crippen LogP contribution is -2.53. The summed E-state index contributed by atoms with van der Waals surface area (Å²) in [7, 11) is 2.91. The van der Waals surface area contributed by atoms with Gasteiger partial charge in [-0.3, -0.25) is 23.6 Å². The Kier molecular flexibility index (Phi) is 3.85. The number of rotatable bonds is 2. The van der Waals surface area contributed by atoms with Crippen LogP contribution in [-0.2, 0) is 25.4 Å². The number of nitrogens with one attached hydrogen (secondary N) is 1. The lowest BCUT2D eigenvalue weighted by Gasteiger charge is -2.36. The van der Waals surface area contributed by atoms with E-state index in [4.69, 9.17) is 0 Å². The molecule has 3 amide bonds. The molecule has 2 atom stereocenters. The number of nitrogens with zero attached hydrogens (tertiary/aromatic N) is 3. The summed E-state index contributed by atoms with van der Waals surface area (Å²) in [4.78, 5) is 50.3. The van der Waals surface area contributed by atoms with Crippen LogP contribution in [0.3, 0.4) is 0 Å². The van der Waals surface area contributed by atoms with Gasteiger partial charge in [-0.15, -0.1) is 0 Å². The third-order valence-electron chi connectivity index (χ3n) is 5.45. The molecule has 0 radical (unpaired) electrons. The third-order valence-corrected chi connectivity index (χ3v) is 5.45. The summed E-state index contributed by atoms with van der Waals surface area (Å²) < 4.78 is 2.28. The number of aromatic nitrogens is 2. The SMILES string of the molecule is C[C@@H]1CCCC[C@@]12NC(=O)N(Cc1cc(=O)n(C)c(=O)n1C)C2=O. The summed E-state index contributed by atoms with van der Waals surface area (Å²) in [6.07, 6.45) is 3.47. The normalized spacial score (nSPS) is 27.0. The number of carbonyl (C=O) groups excluding carboxylic acids is 2. The number of imide groups is 1. The average molecular weight is 334 g/mol. The number of hydrogen-bond donors (Lipinski definition) is 1. The molecule has 3 rings (SSSR count). The standard InChI is InChI=1S/C16H22N4O4/c1-10-6-4-5-7-16(10)13(22)20(14(23)17-16)9-11-8-12(21)19(3)15(24)18(11)2/h8,10H,4-7,9H2,1-3H3,(H,17,23)/t10-,16-/m1/s1. The van der Waals surface area contributed by atoms with Crippen molar-refractivity contribution in [3.63, 3.8) is 0 Å². The highest BCUT2D eigenvalue weighted by atomic mass is 16.2. The first-order chi connectivity index (χ1) is 11.3. The minimum atomic E-state index is -0.839. The van der Waals surface area contributed by atoms with Crippen LogP contribution in [0.15, 0.2) is 15.7 Å². The van der Waals surface area contributed by atoms with Gasteiger partial charge in [0.05, 0.1) is 6.54 Å². The smallest absolute Gasteiger partial charge is 0.323 e. The van der Waals surface area contributed by atoms with E-state index < -0.39 is 22.8 Å². The Balaban J connectivity index is 1.94. The Labute approximate surface area is 139 Å². The van der Waals surface area contributed by atoms with E-state index in [9.17, 15) is 19.2 Å². The Morgan fingerprint density at radius 1 is 1.17 bits per heavy atom. The molecule has 1 saturated carbocycles. The molecular formula is C16H22N4O4. The zero-order valence-corrected chi connectivity index (χ0v) is 14.2. The molecule has 1 aromatic heterocycles. The van der Waals surface area contributed by atoms with Crippen LogP contribution in [0.2, 0.25) is 0 Å². The Morgan fingerprint density at radius 2 is 1.88 bits per heavy atom. The molecule has 2 heterocycles. The summed E-state index contributed by atoms with van der Waals surface area (Å²) in [5.74, 6) is -0.187. The second-order valence-electron chi connectivity index (χ2n) is 6.81. The number of hydrogen-bond acceptors (Lipinski definition) is 4. The Bertz CT molecular complexity index is 824. The molecule has 130 valence electrons. The Morgan fingerprint density at radius 3 is 2.54 bits per heavy atom. The van der Waals surface area contributed by atoms with E-state index >= 15 is 0 Å². The van der Waals surface area contributed by atoms with Gasteiger partial charge in [-0.05, 0) is 18.8 Å². The van der Waals surface area contributed by atoms with E-state index in [0.717, 1.165) is 28.7 Å². The van der Waals surface area contributed by atoms with E-state index in [0.29, 0.717) is 12.1 Å². The van der Waals surface area contributed by atoms with Crippen molar-refractivity contribution in [2.75, 3.05) is 0 Å². The molecule has 8 nitrogen and oxygen atoms in total. The molecule has 8 heteroatoms. The van der Waals surface area contributed by atoms with Gasteiger partial charge in [0.25, 0.3) is 11.5 Å². The van der Waals surface area contributed by atoms with Crippen LogP contribution in [0.4, 0.5) is 4.79 Å². The minimum Gasteiger partial charge on any atom is -0.323 e. The van der Waals surface area contributed by atoms with Gasteiger partial charge in [0.1, 0.15) is 5.54 Å². The van der Waals surface area contributed by atoms with Gasteiger partial charge in [-0.2, -0.15) is 0 Å². The predicted molar refractivity (Wildman–Crippen MR) is 86.4 cm³/mol. The van der Waals surface area contributed by atoms with Crippen molar-refractivity contribution in [3.05, 3.63) is 32.6 Å². The van der Waals surface area contributed by atoms with E-state index in [1.807, 2.05) is 6.92 Å². The summed E-state index contributed by atoms with van der Waals surface area (Å²) in [6, 6.07) is 0.832. The molecular weight excluding hydrogens is 312 g/mol. The maximum atomic E-state index is 12.9. The third kappa shape index (κ3) is 2.28. The molecule has 1 aliphatic carbocycles. The van der Waals surface area contributed by atoms with Crippen LogP contribution in [0, 0.1) is 5.92 Å². The molecule has 0 bridgehead atoms. The van der Waals surface area contributed by atoms with Gasteiger partial charge in [0, 0.05) is 25.9 Å². The molecule has 0 aromatic carbocycles. The summed E-state index contributed by atoms with van der Waals surface area (Å²) in [5, 5.41) is 2.87. The molecule has 1 aliphatic heterocycles. The number of urea groups is 1. The van der Waals surface area contributed by atoms with Crippen LogP contribution in [0.5, 0.6) is 0 Å². The van der Waals surface area contributed by atoms with E-state index in [1.165, 1.54) is 24.7 Å². The summed E-state index contributed by atoms with van der Waals surface area (Å²) >= 11 is 0. The maximum Gasteiger partial charge on any atom is 0.330 e. The average Bonchev–Trinajstić information content (AvgIpc) is 2.78. The van der Waals surface area contributed by atoms with E-state index in [-0.39, 0.29) is 18.4 Å². The zero-order chi connectivity index (χ0) is 17.6. The first kappa shape index (κ1) is 16.5. The lowest BCUT2D eigenvalue weighted by atomic mass is 9.73. The molecule has 1 spiro atoms. The molecule has 1 saturated heterocycles. The van der Waals surface area contributed by atoms with Crippen molar-refractivity contribution in [3.8, 4) is 0 Å². The maximum absolute atomic E-state index is 12.9. The van der Waals surface area contributed by atoms with Gasteiger partial charge in [-0.25, -0.2) is 9.59 Å². The highest BCUT2D eigenvalue weighted by Crippen LogP contribution is 2.38. The fourth-order valence-corrected chi connectivity index (χ4v) is 3.73. The van der Waals surface area contributed by atoms with Crippen molar-refractivity contribution in [1.82, 2.24) is 19.4 Å². The highest BCUT2D eigenvalue weighted by Gasteiger charge is 2.54. The molecule has 1 aromatic rings. The fourth-order valence-electron chi connectivity index (χ4n) is 3.73. The van der Waals surface area contributed by atoms with E-state index in [1.54, 1.807) is 0 Å². The van der Waals surface area contributed by atoms with Gasteiger partial charge in [-0.1, -0.05) is 19.8 Å². The Hall–Kier alpha value is -2.38. The monoisotopic (exact) mass is 334 g/mol. The first-order valence-electron chi connectivity index (χ1n) is 8.18. The van der Waals surface area contributed by atoms with Crippen LogP contribution < -0.4 is 16.6 Å². The van der Waals surface area contributed by atoms with Gasteiger partial charge >= 0.3 is 11.7 Å². The molecule has 2 aliphatic rings. The predicted octanol–water partition coefficient (Wildman–Crippen LogP) is 0.0847. The lowest BCUT2D eigenvalue weighted by molar-refractivity contribution is -0.134. The minimum absolute atomic E-state index is 0.0696. The quantitative estimate of drug-likeness (QED) is 0.776. The van der Waals surface area contributed by atoms with Crippen LogP contribution in [0.1, 0.15) is 38.3 Å². The second kappa shape index (κ2) is 5.61. The molecule has 2 fully saturated rings. The van der Waals surface area contributed by atoms with Crippen molar-refractivity contribution >= 4 is 11.9 Å².